The quantitative estimate of drug-likeness (QED) is 0.749. The van der Waals surface area contributed by atoms with E-state index in [1.54, 1.807) is 18.3 Å². The number of benzene rings is 1. The number of carbonyl (C=O) groups excluding carboxylic acids is 1. The van der Waals surface area contributed by atoms with Gasteiger partial charge >= 0.3 is 0 Å². The number of amides is 1. The molecule has 0 aliphatic rings. The third kappa shape index (κ3) is 3.82. The van der Waals surface area contributed by atoms with E-state index in [9.17, 15) is 4.79 Å². The van der Waals surface area contributed by atoms with E-state index in [0.717, 1.165) is 22.6 Å². The van der Waals surface area contributed by atoms with Crippen molar-refractivity contribution in [3.8, 4) is 0 Å². The zero-order chi connectivity index (χ0) is 18.0. The average Bonchev–Trinajstić information content (AvgIpc) is 2.94. The summed E-state index contributed by atoms with van der Waals surface area (Å²) in [6.45, 7) is 6.11. The molecule has 0 radical (unpaired) electrons. The molecule has 6 heteroatoms. The number of carbonyl (C=O) groups is 1. The van der Waals surface area contributed by atoms with Crippen molar-refractivity contribution in [3.63, 3.8) is 0 Å². The van der Waals surface area contributed by atoms with Gasteiger partial charge in [-0.2, -0.15) is 0 Å². The lowest BCUT2D eigenvalue weighted by atomic mass is 10.1. The molecule has 3 aromatic rings. The molecule has 0 saturated heterocycles. The summed E-state index contributed by atoms with van der Waals surface area (Å²) in [6, 6.07) is 11.1. The Labute approximate surface area is 152 Å². The summed E-state index contributed by atoms with van der Waals surface area (Å²) in [5, 5.41) is 3.66. The number of halogens is 1. The fourth-order valence-corrected chi connectivity index (χ4v) is 3.16. The Hall–Kier alpha value is -2.40. The Kier molecular flexibility index (Phi) is 5.04. The molecule has 2 heterocycles. The molecule has 3 rings (SSSR count). The number of rotatable bonds is 5. The van der Waals surface area contributed by atoms with Gasteiger partial charge in [0.05, 0.1) is 12.5 Å². The minimum Gasteiger partial charge on any atom is -0.346 e. The van der Waals surface area contributed by atoms with Crippen LogP contribution in [0.15, 0.2) is 42.6 Å². The molecule has 0 aliphatic heterocycles. The van der Waals surface area contributed by atoms with Gasteiger partial charge in [-0.3, -0.25) is 4.79 Å². The first kappa shape index (κ1) is 17.4. The number of hydrogen-bond acceptors (Lipinski definition) is 3. The maximum Gasteiger partial charge on any atom is 0.224 e. The van der Waals surface area contributed by atoms with Crippen LogP contribution in [0.25, 0.3) is 11.2 Å². The fraction of sp³-hybridized carbons (Fsp3) is 0.316. The zero-order valence-corrected chi connectivity index (χ0v) is 15.3. The van der Waals surface area contributed by atoms with Crippen LogP contribution in [-0.4, -0.2) is 20.4 Å². The highest BCUT2D eigenvalue weighted by Gasteiger charge is 2.20. The Bertz CT molecular complexity index is 903. The molecular weight excluding hydrogens is 336 g/mol. The third-order valence-corrected chi connectivity index (χ3v) is 4.25. The average molecular weight is 357 g/mol. The number of aromatic nitrogens is 3. The van der Waals surface area contributed by atoms with Crippen LogP contribution in [0.3, 0.4) is 0 Å². The molecule has 5 nitrogen and oxygen atoms in total. The van der Waals surface area contributed by atoms with Crippen molar-refractivity contribution in [2.24, 2.45) is 0 Å². The van der Waals surface area contributed by atoms with Gasteiger partial charge in [0, 0.05) is 17.3 Å². The number of nitrogens with zero attached hydrogens (tertiary/aromatic N) is 3. The highest BCUT2D eigenvalue weighted by molar-refractivity contribution is 6.30. The third-order valence-electron chi connectivity index (χ3n) is 4.01. The van der Waals surface area contributed by atoms with Gasteiger partial charge in [0.15, 0.2) is 5.65 Å². The van der Waals surface area contributed by atoms with E-state index in [4.69, 9.17) is 11.6 Å². The summed E-state index contributed by atoms with van der Waals surface area (Å²) in [4.78, 5) is 21.5. The Morgan fingerprint density at radius 1 is 1.24 bits per heavy atom. The van der Waals surface area contributed by atoms with Crippen LogP contribution >= 0.6 is 11.6 Å². The smallest absolute Gasteiger partial charge is 0.224 e. The lowest BCUT2D eigenvalue weighted by Gasteiger charge is -2.18. The molecule has 0 unspecified atom stereocenters. The lowest BCUT2D eigenvalue weighted by molar-refractivity contribution is -0.121. The Morgan fingerprint density at radius 2 is 2.04 bits per heavy atom. The Balaban J connectivity index is 1.81. The first-order chi connectivity index (χ1) is 12.0. The van der Waals surface area contributed by atoms with Crippen LogP contribution in [0.1, 0.15) is 44.2 Å². The van der Waals surface area contributed by atoms with Gasteiger partial charge in [0.25, 0.3) is 0 Å². The molecule has 0 saturated carbocycles. The second-order valence-corrected chi connectivity index (χ2v) is 6.81. The maximum atomic E-state index is 12.4. The van der Waals surface area contributed by atoms with E-state index < -0.39 is 0 Å². The van der Waals surface area contributed by atoms with Crippen molar-refractivity contribution in [1.82, 2.24) is 19.9 Å². The fourth-order valence-electron chi connectivity index (χ4n) is 2.95. The van der Waals surface area contributed by atoms with Crippen molar-refractivity contribution >= 4 is 28.7 Å². The molecule has 0 aliphatic carbocycles. The van der Waals surface area contributed by atoms with Crippen molar-refractivity contribution in [2.45, 2.75) is 39.3 Å². The predicted molar refractivity (Wildman–Crippen MR) is 99.6 cm³/mol. The van der Waals surface area contributed by atoms with Crippen LogP contribution in [0.2, 0.25) is 5.02 Å². The summed E-state index contributed by atoms with van der Waals surface area (Å²) in [6.07, 6.45) is 2.04. The second-order valence-electron chi connectivity index (χ2n) is 6.38. The number of nitrogens with one attached hydrogen (secondary N) is 1. The standard InChI is InChI=1S/C19H21ClN4O/c1-12(2)24-18(23-16-8-5-9-21-19(16)24)13(3)22-17(25)11-14-6-4-7-15(20)10-14/h4-10,12-13H,11H2,1-3H3,(H,22,25)/t13-/m0/s1. The highest BCUT2D eigenvalue weighted by Crippen LogP contribution is 2.23. The van der Waals surface area contributed by atoms with E-state index >= 15 is 0 Å². The van der Waals surface area contributed by atoms with Crippen molar-refractivity contribution in [2.75, 3.05) is 0 Å². The van der Waals surface area contributed by atoms with Gasteiger partial charge in [0.2, 0.25) is 5.91 Å². The summed E-state index contributed by atoms with van der Waals surface area (Å²) in [5.74, 6) is 0.744. The molecule has 0 spiro atoms. The van der Waals surface area contributed by atoms with E-state index in [-0.39, 0.29) is 24.4 Å². The molecule has 1 N–H and O–H groups in total. The van der Waals surface area contributed by atoms with Crippen molar-refractivity contribution < 1.29 is 4.79 Å². The largest absolute Gasteiger partial charge is 0.346 e. The SMILES string of the molecule is CC(C)n1c([C@H](C)NC(=O)Cc2cccc(Cl)c2)nc2cccnc21. The first-order valence-electron chi connectivity index (χ1n) is 8.32. The molecule has 0 bridgehead atoms. The Morgan fingerprint density at radius 3 is 2.76 bits per heavy atom. The molecule has 25 heavy (non-hydrogen) atoms. The van der Waals surface area contributed by atoms with E-state index in [1.165, 1.54) is 0 Å². The van der Waals surface area contributed by atoms with E-state index in [1.807, 2.05) is 31.2 Å². The number of pyridine rings is 1. The van der Waals surface area contributed by atoms with E-state index in [2.05, 4.69) is 33.7 Å². The molecule has 1 aromatic carbocycles. The minimum absolute atomic E-state index is 0.0647. The van der Waals surface area contributed by atoms with Gasteiger partial charge in [-0.05, 0) is 50.6 Å². The second kappa shape index (κ2) is 7.23. The predicted octanol–water partition coefficient (Wildman–Crippen LogP) is 4.09. The van der Waals surface area contributed by atoms with Gasteiger partial charge in [-0.15, -0.1) is 0 Å². The highest BCUT2D eigenvalue weighted by atomic mass is 35.5. The molecule has 0 fully saturated rings. The van der Waals surface area contributed by atoms with E-state index in [0.29, 0.717) is 5.02 Å². The van der Waals surface area contributed by atoms with Crippen LogP contribution in [0.5, 0.6) is 0 Å². The first-order valence-corrected chi connectivity index (χ1v) is 8.70. The maximum absolute atomic E-state index is 12.4. The summed E-state index contributed by atoms with van der Waals surface area (Å²) < 4.78 is 2.07. The molecule has 130 valence electrons. The van der Waals surface area contributed by atoms with Gasteiger partial charge in [-0.1, -0.05) is 23.7 Å². The van der Waals surface area contributed by atoms with Crippen LogP contribution in [0, 0.1) is 0 Å². The van der Waals surface area contributed by atoms with Crippen LogP contribution < -0.4 is 5.32 Å². The topological polar surface area (TPSA) is 59.8 Å². The summed E-state index contributed by atoms with van der Waals surface area (Å²) >= 11 is 5.98. The van der Waals surface area contributed by atoms with Gasteiger partial charge < -0.3 is 9.88 Å². The van der Waals surface area contributed by atoms with Crippen LogP contribution in [-0.2, 0) is 11.2 Å². The summed E-state index contributed by atoms with van der Waals surface area (Å²) in [7, 11) is 0. The zero-order valence-electron chi connectivity index (χ0n) is 14.5. The normalized spacial score (nSPS) is 12.5. The monoisotopic (exact) mass is 356 g/mol. The molecular formula is C19H21ClN4O. The van der Waals surface area contributed by atoms with Gasteiger partial charge in [-0.25, -0.2) is 9.97 Å². The molecule has 1 atom stereocenters. The van der Waals surface area contributed by atoms with Crippen LogP contribution in [0.4, 0.5) is 0 Å². The number of hydrogen-bond donors (Lipinski definition) is 1. The molecule has 2 aromatic heterocycles. The molecule has 1 amide bonds. The number of fused-ring (bicyclic) bond motifs is 1. The van der Waals surface area contributed by atoms with Crippen molar-refractivity contribution in [1.29, 1.82) is 0 Å². The summed E-state index contributed by atoms with van der Waals surface area (Å²) in [5.41, 5.74) is 2.56. The minimum atomic E-state index is -0.219. The lowest BCUT2D eigenvalue weighted by Crippen LogP contribution is -2.30. The number of imidazole rings is 1. The van der Waals surface area contributed by atoms with Crippen molar-refractivity contribution in [3.05, 3.63) is 59.0 Å². The van der Waals surface area contributed by atoms with Gasteiger partial charge in [0.1, 0.15) is 11.3 Å².